The van der Waals surface area contributed by atoms with Crippen molar-refractivity contribution in [3.8, 4) is 23.7 Å². The first-order chi connectivity index (χ1) is 32.4. The normalized spacial score (nSPS) is 22.0. The SMILES string of the molecule is C=C1N[C@H]2C#C/C=C\C#C[C@@H](OC(=O)NCCNC(=O)OCc3ccc(NC(=O)[C@H](CCCNC(N)=O)NC(=O)[C@@H](NC(C)=O)C(C)C)cc3)C3(OCc4ccccc4C(=O)C1=C)O[C@@]23[C@@H](C)O. The predicted octanol–water partition coefficient (Wildman–Crippen LogP) is 1.90. The zero-order valence-electron chi connectivity index (χ0n) is 38.1. The first-order valence-corrected chi connectivity index (χ1v) is 21.7. The van der Waals surface area contributed by atoms with Crippen molar-refractivity contribution in [1.29, 1.82) is 0 Å². The number of ketones is 1. The van der Waals surface area contributed by atoms with Crippen LogP contribution in [0, 0.1) is 29.6 Å². The number of amides is 7. The molecule has 2 heterocycles. The summed E-state index contributed by atoms with van der Waals surface area (Å²) >= 11 is 0. The molecule has 360 valence electrons. The van der Waals surface area contributed by atoms with Crippen LogP contribution in [-0.2, 0) is 46.5 Å². The summed E-state index contributed by atoms with van der Waals surface area (Å²) in [6, 6.07) is 9.39. The number of epoxide rings is 1. The van der Waals surface area contributed by atoms with Gasteiger partial charge in [0.05, 0.1) is 12.7 Å². The maximum Gasteiger partial charge on any atom is 0.408 e. The van der Waals surface area contributed by atoms with E-state index >= 15 is 0 Å². The van der Waals surface area contributed by atoms with Gasteiger partial charge < -0.3 is 67.0 Å². The number of benzene rings is 2. The minimum Gasteiger partial charge on any atom is -0.445 e. The third-order valence-corrected chi connectivity index (χ3v) is 11.0. The van der Waals surface area contributed by atoms with Gasteiger partial charge >= 0.3 is 18.2 Å². The van der Waals surface area contributed by atoms with E-state index < -0.39 is 83.4 Å². The van der Waals surface area contributed by atoms with E-state index in [1.807, 2.05) is 0 Å². The fourth-order valence-corrected chi connectivity index (χ4v) is 7.38. The Hall–Kier alpha value is -7.65. The molecule has 20 nitrogen and oxygen atoms in total. The molecule has 7 amide bonds. The van der Waals surface area contributed by atoms with Crippen molar-refractivity contribution in [2.75, 3.05) is 25.0 Å². The number of hydrogen-bond donors (Lipinski definition) is 9. The zero-order chi connectivity index (χ0) is 49.6. The molecule has 1 unspecified atom stereocenters. The lowest BCUT2D eigenvalue weighted by Gasteiger charge is -2.30. The number of Topliss-reactive ketones (excluding diaryl/α,β-unsaturated/α-hetero) is 1. The third kappa shape index (κ3) is 12.8. The molecule has 2 aromatic rings. The van der Waals surface area contributed by atoms with E-state index in [0.717, 1.165) is 0 Å². The number of ether oxygens (including phenoxy) is 4. The Morgan fingerprint density at radius 2 is 1.59 bits per heavy atom. The second-order valence-electron chi connectivity index (χ2n) is 16.3. The van der Waals surface area contributed by atoms with Crippen LogP contribution in [0.15, 0.2) is 85.1 Å². The average molecular weight is 937 g/mol. The number of fused-ring (bicyclic) bond motifs is 1. The summed E-state index contributed by atoms with van der Waals surface area (Å²) in [4.78, 5) is 88.6. The quantitative estimate of drug-likeness (QED) is 0.0475. The molecule has 2 bridgehead atoms. The third-order valence-electron chi connectivity index (χ3n) is 11.0. The summed E-state index contributed by atoms with van der Waals surface area (Å²) in [5.41, 5.74) is 5.34. The largest absolute Gasteiger partial charge is 0.445 e. The van der Waals surface area contributed by atoms with Gasteiger partial charge in [-0.3, -0.25) is 19.2 Å². The van der Waals surface area contributed by atoms with Gasteiger partial charge in [-0.1, -0.05) is 81.2 Å². The highest BCUT2D eigenvalue weighted by Gasteiger charge is 2.82. The van der Waals surface area contributed by atoms with Crippen LogP contribution in [0.3, 0.4) is 0 Å². The Morgan fingerprint density at radius 3 is 2.25 bits per heavy atom. The first-order valence-electron chi connectivity index (χ1n) is 21.7. The number of nitrogens with two attached hydrogens (primary N) is 1. The Bertz CT molecular complexity index is 2450. The second kappa shape index (κ2) is 23.2. The van der Waals surface area contributed by atoms with Crippen LogP contribution in [-0.4, -0.2) is 108 Å². The summed E-state index contributed by atoms with van der Waals surface area (Å²) in [7, 11) is 0. The lowest BCUT2D eigenvalue weighted by atomic mass is 9.85. The molecule has 1 aliphatic carbocycles. The van der Waals surface area contributed by atoms with E-state index in [4.69, 9.17) is 24.7 Å². The van der Waals surface area contributed by atoms with Crippen molar-refractivity contribution in [1.82, 2.24) is 31.9 Å². The van der Waals surface area contributed by atoms with Crippen molar-refractivity contribution in [3.05, 3.63) is 102 Å². The van der Waals surface area contributed by atoms with Crippen LogP contribution in [0.4, 0.5) is 20.1 Å². The maximum absolute atomic E-state index is 13.5. The molecule has 3 aliphatic rings. The Labute approximate surface area is 393 Å². The van der Waals surface area contributed by atoms with Crippen molar-refractivity contribution in [2.45, 2.75) is 95.5 Å². The molecular weight excluding hydrogens is 881 g/mol. The molecular formula is C48H56N8O12. The average Bonchev–Trinajstić information content (AvgIpc) is 4.00. The predicted molar refractivity (Wildman–Crippen MR) is 246 cm³/mol. The highest BCUT2D eigenvalue weighted by molar-refractivity contribution is 6.11. The number of carbonyl (C=O) groups excluding carboxylic acids is 7. The molecule has 2 aromatic carbocycles. The van der Waals surface area contributed by atoms with E-state index in [1.54, 1.807) is 62.4 Å². The van der Waals surface area contributed by atoms with Gasteiger partial charge in [0.25, 0.3) is 5.79 Å². The van der Waals surface area contributed by atoms with Gasteiger partial charge in [-0.2, -0.15) is 0 Å². The summed E-state index contributed by atoms with van der Waals surface area (Å²) < 4.78 is 23.8. The number of urea groups is 1. The van der Waals surface area contributed by atoms with Crippen molar-refractivity contribution >= 4 is 47.4 Å². The van der Waals surface area contributed by atoms with E-state index in [-0.39, 0.29) is 56.5 Å². The lowest BCUT2D eigenvalue weighted by molar-refractivity contribution is -0.131. The number of carbonyl (C=O) groups is 7. The lowest BCUT2D eigenvalue weighted by Crippen LogP contribution is -2.56. The smallest absolute Gasteiger partial charge is 0.408 e. The van der Waals surface area contributed by atoms with Crippen molar-refractivity contribution in [3.63, 3.8) is 0 Å². The summed E-state index contributed by atoms with van der Waals surface area (Å²) in [6.07, 6.45) is -1.17. The Kier molecular flexibility index (Phi) is 17.5. The molecule has 2 aliphatic heterocycles. The van der Waals surface area contributed by atoms with Crippen molar-refractivity contribution in [2.24, 2.45) is 11.7 Å². The number of primary amides is 1. The number of allylic oxidation sites excluding steroid dienone is 3. The van der Waals surface area contributed by atoms with Gasteiger partial charge in [-0.15, -0.1) is 0 Å². The molecule has 1 fully saturated rings. The number of aliphatic hydroxyl groups is 1. The highest BCUT2D eigenvalue weighted by Crippen LogP contribution is 2.57. The van der Waals surface area contributed by atoms with E-state index in [2.05, 4.69) is 74.1 Å². The Morgan fingerprint density at radius 1 is 0.912 bits per heavy atom. The van der Waals surface area contributed by atoms with E-state index in [1.165, 1.54) is 26.0 Å². The standard InChI is InChI=1S/C48H56N8O12/c1-28(2)40(54-32(6)58)43(61)56-37(16-13-23-50-44(49)62)42(60)55-35-21-19-33(20-22-35)26-65-45(63)51-24-25-52-46(64)67-39-18-10-8-7-9-17-38-47(31(5)57)48(39,68-47)66-27-34-14-11-12-15-36(34)41(59)29(3)30(4)53-38/h7-8,11-12,14-15,19-22,28,31,37-40,53,57H,3-4,13,16,23-27H2,1-2,5-6H3,(H,51,63)(H,52,64)(H,54,58)(H,55,60)(H,56,61)(H3,49,50,62)/b8-7-/t31-,37+,38+,39-,40+,47+,48?/m1/s1. The monoisotopic (exact) mass is 936 g/mol. The molecule has 5 rings (SSSR count). The number of hydrogen-bond acceptors (Lipinski definition) is 13. The van der Waals surface area contributed by atoms with Crippen LogP contribution in [0.1, 0.15) is 62.0 Å². The fourth-order valence-electron chi connectivity index (χ4n) is 7.38. The van der Waals surface area contributed by atoms with Gasteiger partial charge in [0.15, 0.2) is 11.4 Å². The fraction of sp³-hybridized carbons (Fsp3) is 0.396. The molecule has 1 saturated heterocycles. The van der Waals surface area contributed by atoms with Crippen molar-refractivity contribution < 1.29 is 57.6 Å². The number of anilines is 1. The van der Waals surface area contributed by atoms with Crippen LogP contribution in [0.5, 0.6) is 0 Å². The van der Waals surface area contributed by atoms with Crippen LogP contribution < -0.4 is 43.0 Å². The van der Waals surface area contributed by atoms with E-state index in [9.17, 15) is 38.7 Å². The molecule has 0 spiro atoms. The molecule has 0 aromatic heterocycles. The second-order valence-corrected chi connectivity index (χ2v) is 16.3. The van der Waals surface area contributed by atoms with Crippen LogP contribution >= 0.6 is 0 Å². The first kappa shape index (κ1) is 51.3. The zero-order valence-corrected chi connectivity index (χ0v) is 38.1. The van der Waals surface area contributed by atoms with Gasteiger partial charge in [-0.05, 0) is 67.0 Å². The molecule has 0 radical (unpaired) electrons. The summed E-state index contributed by atoms with van der Waals surface area (Å²) in [5.74, 6) is 7.38. The molecule has 20 heteroatoms. The number of alkyl carbamates (subject to hydrolysis) is 2. The molecule has 10 N–H and O–H groups in total. The van der Waals surface area contributed by atoms with Gasteiger partial charge in [0, 0.05) is 49.1 Å². The molecule has 7 atom stereocenters. The minimum atomic E-state index is -1.91. The Balaban J connectivity index is 1.15. The summed E-state index contributed by atoms with van der Waals surface area (Å²) in [5, 5.41) is 29.9. The number of nitrogens with one attached hydrogen (secondary N) is 7. The molecule has 68 heavy (non-hydrogen) atoms. The van der Waals surface area contributed by atoms with E-state index in [0.29, 0.717) is 28.8 Å². The van der Waals surface area contributed by atoms with Crippen LogP contribution in [0.2, 0.25) is 0 Å². The van der Waals surface area contributed by atoms with Crippen LogP contribution in [0.25, 0.3) is 0 Å². The molecule has 0 saturated carbocycles. The topological polar surface area (TPSA) is 290 Å². The highest BCUT2D eigenvalue weighted by atomic mass is 16.8. The minimum absolute atomic E-state index is 0.0604. The summed E-state index contributed by atoms with van der Waals surface area (Å²) in [6.45, 7) is 13.8. The van der Waals surface area contributed by atoms with Gasteiger partial charge in [0.1, 0.15) is 24.7 Å². The number of aliphatic hydroxyl groups excluding tert-OH is 1. The number of rotatable bonds is 17. The van der Waals surface area contributed by atoms with Gasteiger partial charge in [0.2, 0.25) is 23.8 Å². The van der Waals surface area contributed by atoms with Gasteiger partial charge in [-0.25, -0.2) is 14.4 Å². The maximum atomic E-state index is 13.5.